The third kappa shape index (κ3) is 5.24. The summed E-state index contributed by atoms with van der Waals surface area (Å²) in [6.07, 6.45) is 2.05. The molecule has 0 saturated carbocycles. The number of aliphatic carboxylic acids is 1. The summed E-state index contributed by atoms with van der Waals surface area (Å²) in [5.74, 6) is -0.890. The Morgan fingerprint density at radius 2 is 1.85 bits per heavy atom. The summed E-state index contributed by atoms with van der Waals surface area (Å²) >= 11 is 0. The maximum atomic E-state index is 13.0. The molecule has 7 heteroatoms. The molecule has 0 radical (unpaired) electrons. The first-order valence-electron chi connectivity index (χ1n) is 10.9. The Kier molecular flexibility index (Phi) is 6.88. The fraction of sp³-hybridized carbons (Fsp3) is 0.222. The highest BCUT2D eigenvalue weighted by molar-refractivity contribution is 5.96. The Bertz CT molecular complexity index is 1250. The topological polar surface area (TPSA) is 96.6 Å². The maximum absolute atomic E-state index is 13.0. The van der Waals surface area contributed by atoms with Crippen LogP contribution in [0.15, 0.2) is 60.7 Å². The van der Waals surface area contributed by atoms with Crippen LogP contribution in [-0.2, 0) is 11.2 Å². The van der Waals surface area contributed by atoms with Crippen LogP contribution in [-0.4, -0.2) is 23.5 Å². The largest absolute Gasteiger partial charge is 0.493 e. The fourth-order valence-corrected chi connectivity index (χ4v) is 3.93. The van der Waals surface area contributed by atoms with Gasteiger partial charge in [0.2, 0.25) is 0 Å². The summed E-state index contributed by atoms with van der Waals surface area (Å²) in [5.41, 5.74) is 2.20. The highest BCUT2D eigenvalue weighted by Gasteiger charge is 2.29. The van der Waals surface area contributed by atoms with E-state index >= 15 is 0 Å². The van der Waals surface area contributed by atoms with Gasteiger partial charge in [-0.1, -0.05) is 12.1 Å². The number of halogens is 1. The number of Topliss-reactive ketones (excluding diaryl/α,β-unsaturated/α-hetero) is 1. The number of ether oxygens (including phenoxy) is 2. The highest BCUT2D eigenvalue weighted by atomic mass is 19.1. The predicted octanol–water partition coefficient (Wildman–Crippen LogP) is 5.65. The van der Waals surface area contributed by atoms with E-state index in [0.717, 1.165) is 5.56 Å². The Labute approximate surface area is 196 Å². The number of nitriles is 1. The monoisotopic (exact) mass is 459 g/mol. The Balaban J connectivity index is 1.41. The third-order valence-electron chi connectivity index (χ3n) is 5.76. The van der Waals surface area contributed by atoms with Gasteiger partial charge >= 0.3 is 5.97 Å². The molecular formula is C27H22FNO5. The average Bonchev–Trinajstić information content (AvgIpc) is 2.84. The van der Waals surface area contributed by atoms with E-state index in [1.807, 2.05) is 6.07 Å². The zero-order chi connectivity index (χ0) is 24.1. The van der Waals surface area contributed by atoms with Crippen molar-refractivity contribution in [1.29, 1.82) is 5.26 Å². The van der Waals surface area contributed by atoms with Crippen molar-refractivity contribution in [2.45, 2.75) is 31.6 Å². The van der Waals surface area contributed by atoms with Gasteiger partial charge in [0.05, 0.1) is 18.1 Å². The Hall–Kier alpha value is -4.18. The number of carboxylic acids is 1. The molecule has 1 aliphatic rings. The van der Waals surface area contributed by atoms with Gasteiger partial charge in [-0.15, -0.1) is 0 Å². The number of rotatable bonds is 8. The van der Waals surface area contributed by atoms with Gasteiger partial charge in [0.15, 0.2) is 5.78 Å². The lowest BCUT2D eigenvalue weighted by Gasteiger charge is -2.24. The number of hydrogen-bond acceptors (Lipinski definition) is 5. The van der Waals surface area contributed by atoms with E-state index in [4.69, 9.17) is 9.47 Å². The molecule has 0 amide bonds. The van der Waals surface area contributed by atoms with E-state index in [-0.39, 0.29) is 29.5 Å². The molecule has 0 bridgehead atoms. The number of benzene rings is 3. The maximum Gasteiger partial charge on any atom is 0.311 e. The van der Waals surface area contributed by atoms with Gasteiger partial charge in [0.25, 0.3) is 0 Å². The van der Waals surface area contributed by atoms with Gasteiger partial charge in [-0.2, -0.15) is 5.26 Å². The van der Waals surface area contributed by atoms with Crippen LogP contribution in [0, 0.1) is 17.1 Å². The standard InChI is InChI=1S/C27H22FNO5/c28-20-8-4-17(5-9-20)2-1-3-24(30)18-6-10-21(11-7-18)34-25-15-26-23(14-19(25)16-29)22(27(31)32)12-13-33-26/h4-11,14-15,22H,1-3,12-13H2,(H,31,32). The summed E-state index contributed by atoms with van der Waals surface area (Å²) in [4.78, 5) is 24.0. The molecule has 4 rings (SSSR count). The first-order chi connectivity index (χ1) is 16.4. The number of aryl methyl sites for hydroxylation is 1. The number of ketones is 1. The molecule has 6 nitrogen and oxygen atoms in total. The highest BCUT2D eigenvalue weighted by Crippen LogP contribution is 2.39. The SMILES string of the molecule is N#Cc1cc2c(cc1Oc1ccc(C(=O)CCCc3ccc(F)cc3)cc1)OCCC2C(=O)O. The van der Waals surface area contributed by atoms with E-state index in [2.05, 4.69) is 0 Å². The van der Waals surface area contributed by atoms with E-state index in [1.54, 1.807) is 36.4 Å². The van der Waals surface area contributed by atoms with Crippen molar-refractivity contribution in [3.8, 4) is 23.3 Å². The average molecular weight is 459 g/mol. The molecule has 0 fully saturated rings. The van der Waals surface area contributed by atoms with Crippen molar-refractivity contribution in [2.24, 2.45) is 0 Å². The molecule has 34 heavy (non-hydrogen) atoms. The van der Waals surface area contributed by atoms with Gasteiger partial charge in [-0.05, 0) is 67.3 Å². The molecule has 1 aliphatic heterocycles. The van der Waals surface area contributed by atoms with Crippen molar-refractivity contribution in [1.82, 2.24) is 0 Å². The minimum absolute atomic E-state index is 0.00623. The normalized spacial score (nSPS) is 14.4. The van der Waals surface area contributed by atoms with E-state index < -0.39 is 11.9 Å². The molecule has 3 aromatic carbocycles. The van der Waals surface area contributed by atoms with Crippen LogP contribution in [0.1, 0.15) is 52.2 Å². The zero-order valence-corrected chi connectivity index (χ0v) is 18.3. The van der Waals surface area contributed by atoms with Gasteiger partial charge in [0.1, 0.15) is 29.1 Å². The molecular weight excluding hydrogens is 437 g/mol. The molecule has 172 valence electrons. The summed E-state index contributed by atoms with van der Waals surface area (Å²) in [7, 11) is 0. The van der Waals surface area contributed by atoms with Crippen molar-refractivity contribution in [3.63, 3.8) is 0 Å². The molecule has 0 saturated heterocycles. The lowest BCUT2D eigenvalue weighted by Crippen LogP contribution is -2.21. The van der Waals surface area contributed by atoms with Gasteiger partial charge in [-0.25, -0.2) is 4.39 Å². The lowest BCUT2D eigenvalue weighted by atomic mass is 9.91. The second kappa shape index (κ2) is 10.2. The van der Waals surface area contributed by atoms with Gasteiger partial charge in [0, 0.05) is 23.6 Å². The predicted molar refractivity (Wildman–Crippen MR) is 122 cm³/mol. The molecule has 3 aromatic rings. The number of carbonyl (C=O) groups is 2. The van der Waals surface area contributed by atoms with E-state index in [9.17, 15) is 24.3 Å². The van der Waals surface area contributed by atoms with Crippen LogP contribution in [0.3, 0.4) is 0 Å². The molecule has 1 atom stereocenters. The van der Waals surface area contributed by atoms with Gasteiger partial charge in [-0.3, -0.25) is 9.59 Å². The number of hydrogen-bond donors (Lipinski definition) is 1. The molecule has 0 aliphatic carbocycles. The van der Waals surface area contributed by atoms with Crippen molar-refractivity contribution in [2.75, 3.05) is 6.61 Å². The molecule has 0 spiro atoms. The van der Waals surface area contributed by atoms with Crippen LogP contribution < -0.4 is 9.47 Å². The van der Waals surface area contributed by atoms with Gasteiger partial charge < -0.3 is 14.6 Å². The third-order valence-corrected chi connectivity index (χ3v) is 5.76. The molecule has 0 aromatic heterocycles. The van der Waals surface area contributed by atoms with E-state index in [1.165, 1.54) is 24.3 Å². The second-order valence-corrected chi connectivity index (χ2v) is 8.06. The van der Waals surface area contributed by atoms with Crippen molar-refractivity contribution >= 4 is 11.8 Å². The van der Waals surface area contributed by atoms with Crippen molar-refractivity contribution in [3.05, 3.63) is 88.7 Å². The number of fused-ring (bicyclic) bond motifs is 1. The van der Waals surface area contributed by atoms with Crippen LogP contribution >= 0.6 is 0 Å². The molecule has 1 heterocycles. The fourth-order valence-electron chi connectivity index (χ4n) is 3.93. The van der Waals surface area contributed by atoms with E-state index in [0.29, 0.717) is 48.3 Å². The number of nitrogens with zero attached hydrogens (tertiary/aromatic N) is 1. The zero-order valence-electron chi connectivity index (χ0n) is 18.3. The Morgan fingerprint density at radius 1 is 1.12 bits per heavy atom. The molecule has 1 N–H and O–H groups in total. The molecule has 1 unspecified atom stereocenters. The van der Waals surface area contributed by atoms with Crippen LogP contribution in [0.4, 0.5) is 4.39 Å². The summed E-state index contributed by atoms with van der Waals surface area (Å²) < 4.78 is 24.4. The van der Waals surface area contributed by atoms with Crippen LogP contribution in [0.2, 0.25) is 0 Å². The minimum atomic E-state index is -0.958. The first-order valence-corrected chi connectivity index (χ1v) is 10.9. The Morgan fingerprint density at radius 3 is 2.53 bits per heavy atom. The van der Waals surface area contributed by atoms with Crippen LogP contribution in [0.5, 0.6) is 17.2 Å². The van der Waals surface area contributed by atoms with Crippen molar-refractivity contribution < 1.29 is 28.6 Å². The smallest absolute Gasteiger partial charge is 0.311 e. The number of carbonyl (C=O) groups excluding carboxylic acids is 1. The summed E-state index contributed by atoms with van der Waals surface area (Å²) in [6.45, 7) is 0.271. The quantitative estimate of drug-likeness (QED) is 0.438. The minimum Gasteiger partial charge on any atom is -0.493 e. The lowest BCUT2D eigenvalue weighted by molar-refractivity contribution is -0.139. The second-order valence-electron chi connectivity index (χ2n) is 8.06. The summed E-state index contributed by atoms with van der Waals surface area (Å²) in [6, 6.07) is 18.0. The van der Waals surface area contributed by atoms with Crippen LogP contribution in [0.25, 0.3) is 0 Å². The summed E-state index contributed by atoms with van der Waals surface area (Å²) in [5, 5.41) is 19.0. The number of carboxylic acid groups (broad SMARTS) is 1. The first kappa shape index (κ1) is 23.0.